The van der Waals surface area contributed by atoms with Crippen molar-refractivity contribution in [2.75, 3.05) is 13.7 Å². The normalized spacial score (nSPS) is 11.4. The van der Waals surface area contributed by atoms with Crippen LogP contribution in [0.5, 0.6) is 0 Å². The number of oxazole rings is 1. The lowest BCUT2D eigenvalue weighted by molar-refractivity contribution is 0.171. The lowest BCUT2D eigenvalue weighted by Crippen LogP contribution is -2.24. The Bertz CT molecular complexity index is 405. The zero-order valence-corrected chi connectivity index (χ0v) is 11.8. The van der Waals surface area contributed by atoms with E-state index in [0.717, 1.165) is 30.2 Å². The number of hydrogen-bond acceptors (Lipinski definition) is 4. The largest absolute Gasteiger partial charge is 0.453 e. The van der Waals surface area contributed by atoms with Gasteiger partial charge in [0.25, 0.3) is 0 Å². The number of methoxy groups -OCH3 is 1. The second-order valence-electron chi connectivity index (χ2n) is 5.30. The number of aryl methyl sites for hydroxylation is 2. The highest BCUT2D eigenvalue weighted by molar-refractivity contribution is 5.66. The summed E-state index contributed by atoms with van der Waals surface area (Å²) in [7, 11) is 1.35. The molecule has 1 aromatic rings. The van der Waals surface area contributed by atoms with Crippen LogP contribution in [0.2, 0.25) is 0 Å². The summed E-state index contributed by atoms with van der Waals surface area (Å²) in [5.74, 6) is 1.66. The first-order chi connectivity index (χ1) is 8.34. The molecule has 1 aromatic heterocycles. The SMILES string of the molecule is COC(=O)NCCCc1oc(C(C)(C)C)nc1C. The first kappa shape index (κ1) is 14.5. The summed E-state index contributed by atoms with van der Waals surface area (Å²) in [5, 5.41) is 2.64. The number of aromatic nitrogens is 1. The molecule has 1 rings (SSSR count). The Labute approximate surface area is 108 Å². The molecule has 0 spiro atoms. The Hall–Kier alpha value is -1.52. The van der Waals surface area contributed by atoms with Crippen LogP contribution in [-0.4, -0.2) is 24.7 Å². The molecule has 0 unspecified atom stereocenters. The van der Waals surface area contributed by atoms with Gasteiger partial charge in [-0.3, -0.25) is 0 Å². The van der Waals surface area contributed by atoms with Gasteiger partial charge < -0.3 is 14.5 Å². The van der Waals surface area contributed by atoms with E-state index in [1.807, 2.05) is 6.92 Å². The summed E-state index contributed by atoms with van der Waals surface area (Å²) in [5.41, 5.74) is 0.853. The summed E-state index contributed by atoms with van der Waals surface area (Å²) in [6, 6.07) is 0. The summed E-state index contributed by atoms with van der Waals surface area (Å²) < 4.78 is 10.2. The zero-order valence-electron chi connectivity index (χ0n) is 11.8. The van der Waals surface area contributed by atoms with Gasteiger partial charge in [0.1, 0.15) is 5.76 Å². The minimum Gasteiger partial charge on any atom is -0.453 e. The van der Waals surface area contributed by atoms with Crippen LogP contribution in [0.1, 0.15) is 44.5 Å². The molecule has 0 aromatic carbocycles. The smallest absolute Gasteiger partial charge is 0.406 e. The van der Waals surface area contributed by atoms with Gasteiger partial charge in [-0.05, 0) is 13.3 Å². The van der Waals surface area contributed by atoms with E-state index in [0.29, 0.717) is 6.54 Å². The lowest BCUT2D eigenvalue weighted by atomic mass is 9.97. The molecule has 0 aliphatic carbocycles. The van der Waals surface area contributed by atoms with Crippen LogP contribution in [0.25, 0.3) is 0 Å². The summed E-state index contributed by atoms with van der Waals surface area (Å²) in [6.45, 7) is 8.72. The first-order valence-electron chi connectivity index (χ1n) is 6.13. The topological polar surface area (TPSA) is 64.4 Å². The fourth-order valence-corrected chi connectivity index (χ4v) is 1.49. The molecule has 1 heterocycles. The monoisotopic (exact) mass is 254 g/mol. The van der Waals surface area contributed by atoms with E-state index in [2.05, 4.69) is 35.8 Å². The fourth-order valence-electron chi connectivity index (χ4n) is 1.49. The van der Waals surface area contributed by atoms with Crippen molar-refractivity contribution < 1.29 is 13.9 Å². The number of nitrogens with one attached hydrogen (secondary N) is 1. The Morgan fingerprint density at radius 1 is 1.44 bits per heavy atom. The average molecular weight is 254 g/mol. The molecule has 5 nitrogen and oxygen atoms in total. The first-order valence-corrected chi connectivity index (χ1v) is 6.13. The highest BCUT2D eigenvalue weighted by Crippen LogP contribution is 2.24. The number of ether oxygens (including phenoxy) is 1. The molecule has 1 N–H and O–H groups in total. The molecule has 0 fully saturated rings. The quantitative estimate of drug-likeness (QED) is 0.839. The molecule has 102 valence electrons. The van der Waals surface area contributed by atoms with Gasteiger partial charge in [0.2, 0.25) is 0 Å². The van der Waals surface area contributed by atoms with E-state index < -0.39 is 6.09 Å². The summed E-state index contributed by atoms with van der Waals surface area (Å²) in [4.78, 5) is 15.3. The molecule has 0 saturated heterocycles. The van der Waals surface area contributed by atoms with Crippen LogP contribution in [0.4, 0.5) is 4.79 Å². The fraction of sp³-hybridized carbons (Fsp3) is 0.692. The van der Waals surface area contributed by atoms with Crippen molar-refractivity contribution in [3.8, 4) is 0 Å². The van der Waals surface area contributed by atoms with Crippen molar-refractivity contribution >= 4 is 6.09 Å². The Morgan fingerprint density at radius 3 is 2.61 bits per heavy atom. The molecule has 1 amide bonds. The molecule has 0 saturated carbocycles. The van der Waals surface area contributed by atoms with Gasteiger partial charge in [0, 0.05) is 18.4 Å². The van der Waals surface area contributed by atoms with Gasteiger partial charge in [-0.15, -0.1) is 0 Å². The molecule has 5 heteroatoms. The van der Waals surface area contributed by atoms with Gasteiger partial charge in [-0.1, -0.05) is 20.8 Å². The summed E-state index contributed by atoms with van der Waals surface area (Å²) >= 11 is 0. The highest BCUT2D eigenvalue weighted by Gasteiger charge is 2.21. The van der Waals surface area contributed by atoms with Crippen molar-refractivity contribution in [1.82, 2.24) is 10.3 Å². The molecule has 0 aliphatic rings. The Kier molecular flexibility index (Phi) is 4.76. The van der Waals surface area contributed by atoms with E-state index in [1.165, 1.54) is 7.11 Å². The van der Waals surface area contributed by atoms with Crippen molar-refractivity contribution in [3.63, 3.8) is 0 Å². The van der Waals surface area contributed by atoms with Gasteiger partial charge >= 0.3 is 6.09 Å². The van der Waals surface area contributed by atoms with Gasteiger partial charge in [-0.2, -0.15) is 0 Å². The predicted molar refractivity (Wildman–Crippen MR) is 68.7 cm³/mol. The predicted octanol–water partition coefficient (Wildman–Crippen LogP) is 2.57. The molecular formula is C13H22N2O3. The van der Waals surface area contributed by atoms with E-state index in [9.17, 15) is 4.79 Å². The zero-order chi connectivity index (χ0) is 13.8. The van der Waals surface area contributed by atoms with Crippen molar-refractivity contribution in [1.29, 1.82) is 0 Å². The van der Waals surface area contributed by atoms with Crippen molar-refractivity contribution in [3.05, 3.63) is 17.3 Å². The van der Waals surface area contributed by atoms with E-state index in [1.54, 1.807) is 0 Å². The average Bonchev–Trinajstić information content (AvgIpc) is 2.66. The third kappa shape index (κ3) is 4.05. The molecule has 0 aliphatic heterocycles. The van der Waals surface area contributed by atoms with Crippen LogP contribution in [0.3, 0.4) is 0 Å². The standard InChI is InChI=1S/C13H22N2O3/c1-9-10(7-6-8-14-12(16)17-5)18-11(15-9)13(2,3)4/h6-8H2,1-5H3,(H,14,16). The number of rotatable bonds is 4. The molecule has 0 atom stereocenters. The van der Waals surface area contributed by atoms with Crippen LogP contribution in [0.15, 0.2) is 4.42 Å². The second kappa shape index (κ2) is 5.89. The van der Waals surface area contributed by atoms with Crippen LogP contribution >= 0.6 is 0 Å². The number of nitrogens with zero attached hydrogens (tertiary/aromatic N) is 1. The third-order valence-corrected chi connectivity index (χ3v) is 2.57. The van der Waals surface area contributed by atoms with Gasteiger partial charge in [0.15, 0.2) is 5.89 Å². The second-order valence-corrected chi connectivity index (χ2v) is 5.30. The number of amides is 1. The molecule has 0 radical (unpaired) electrons. The van der Waals surface area contributed by atoms with E-state index >= 15 is 0 Å². The maximum atomic E-state index is 10.9. The van der Waals surface area contributed by atoms with Gasteiger partial charge in [-0.25, -0.2) is 9.78 Å². The molecular weight excluding hydrogens is 232 g/mol. The number of carbonyl (C=O) groups is 1. The van der Waals surface area contributed by atoms with Crippen LogP contribution in [0, 0.1) is 6.92 Å². The van der Waals surface area contributed by atoms with Crippen molar-refractivity contribution in [2.24, 2.45) is 0 Å². The highest BCUT2D eigenvalue weighted by atomic mass is 16.5. The third-order valence-electron chi connectivity index (χ3n) is 2.57. The van der Waals surface area contributed by atoms with Crippen molar-refractivity contribution in [2.45, 2.75) is 46.0 Å². The maximum absolute atomic E-state index is 10.9. The van der Waals surface area contributed by atoms with Crippen LogP contribution in [-0.2, 0) is 16.6 Å². The van der Waals surface area contributed by atoms with Crippen LogP contribution < -0.4 is 5.32 Å². The number of carbonyl (C=O) groups excluding carboxylic acids is 1. The lowest BCUT2D eigenvalue weighted by Gasteiger charge is -2.12. The Balaban J connectivity index is 2.48. The van der Waals surface area contributed by atoms with E-state index in [-0.39, 0.29) is 5.41 Å². The van der Waals surface area contributed by atoms with Gasteiger partial charge in [0.05, 0.1) is 12.8 Å². The number of alkyl carbamates (subject to hydrolysis) is 1. The molecule has 0 bridgehead atoms. The van der Waals surface area contributed by atoms with E-state index in [4.69, 9.17) is 4.42 Å². The summed E-state index contributed by atoms with van der Waals surface area (Å²) in [6.07, 6.45) is 1.16. The number of hydrogen-bond donors (Lipinski definition) is 1. The molecule has 18 heavy (non-hydrogen) atoms. The Morgan fingerprint density at radius 2 is 2.11 bits per heavy atom. The maximum Gasteiger partial charge on any atom is 0.406 e. The minimum atomic E-state index is -0.403. The minimum absolute atomic E-state index is 0.0761.